The Kier molecular flexibility index (Phi) is 6.98. The van der Waals surface area contributed by atoms with Crippen molar-refractivity contribution in [1.82, 2.24) is 0 Å². The molecule has 1 fully saturated rings. The van der Waals surface area contributed by atoms with Gasteiger partial charge in [-0.3, -0.25) is 15.0 Å². The van der Waals surface area contributed by atoms with Gasteiger partial charge in [0.1, 0.15) is 11.5 Å². The summed E-state index contributed by atoms with van der Waals surface area (Å²) in [6.45, 7) is 6.47. The van der Waals surface area contributed by atoms with Gasteiger partial charge in [0.25, 0.3) is 6.04 Å². The van der Waals surface area contributed by atoms with E-state index in [4.69, 9.17) is 14.3 Å². The standard InChI is InChI=1S/C28H32N2O5/c1-6-28(2,3)19-16-17-24(34-5)22(18-19)25-26(30(31)32)27(21-14-10-11-15-23(21)33-4)35-29(25)20-12-8-7-9-13-20/h7-18,25-27H,6H2,1-5H3. The molecule has 3 atom stereocenters. The van der Waals surface area contributed by atoms with Crippen molar-refractivity contribution in [3.63, 3.8) is 0 Å². The summed E-state index contributed by atoms with van der Waals surface area (Å²) >= 11 is 0. The number of ether oxygens (including phenoxy) is 2. The number of para-hydroxylation sites is 2. The Balaban J connectivity index is 1.95. The monoisotopic (exact) mass is 476 g/mol. The molecule has 3 aromatic rings. The molecular formula is C28H32N2O5. The first-order chi connectivity index (χ1) is 16.8. The first-order valence-electron chi connectivity index (χ1n) is 11.8. The van der Waals surface area contributed by atoms with Crippen molar-refractivity contribution in [3.05, 3.63) is 99.6 Å². The molecule has 0 saturated carbocycles. The Morgan fingerprint density at radius 2 is 1.57 bits per heavy atom. The molecule has 7 heteroatoms. The molecule has 0 spiro atoms. The molecule has 4 rings (SSSR count). The highest BCUT2D eigenvalue weighted by Crippen LogP contribution is 2.50. The van der Waals surface area contributed by atoms with Crippen LogP contribution in [0.3, 0.4) is 0 Å². The maximum absolute atomic E-state index is 12.7. The van der Waals surface area contributed by atoms with E-state index in [2.05, 4.69) is 20.8 Å². The van der Waals surface area contributed by atoms with E-state index in [1.54, 1.807) is 25.3 Å². The number of nitro groups is 1. The van der Waals surface area contributed by atoms with E-state index >= 15 is 0 Å². The van der Waals surface area contributed by atoms with Gasteiger partial charge in [0.05, 0.1) is 19.9 Å². The Labute approximate surface area is 206 Å². The van der Waals surface area contributed by atoms with Crippen molar-refractivity contribution >= 4 is 5.69 Å². The van der Waals surface area contributed by atoms with Gasteiger partial charge in [0.2, 0.25) is 0 Å². The van der Waals surface area contributed by atoms with E-state index in [0.717, 1.165) is 23.2 Å². The number of hydroxylamine groups is 1. The van der Waals surface area contributed by atoms with Gasteiger partial charge < -0.3 is 9.47 Å². The fraction of sp³-hybridized carbons (Fsp3) is 0.357. The maximum atomic E-state index is 12.7. The molecule has 0 amide bonds. The van der Waals surface area contributed by atoms with Gasteiger partial charge in [-0.05, 0) is 47.7 Å². The van der Waals surface area contributed by atoms with Gasteiger partial charge in [0.15, 0.2) is 12.1 Å². The fourth-order valence-electron chi connectivity index (χ4n) is 4.62. The molecule has 7 nitrogen and oxygen atoms in total. The molecule has 1 aliphatic rings. The average Bonchev–Trinajstić information content (AvgIpc) is 3.29. The molecule has 1 aliphatic heterocycles. The van der Waals surface area contributed by atoms with Crippen LogP contribution in [0.2, 0.25) is 0 Å². The number of benzene rings is 3. The highest BCUT2D eigenvalue weighted by atomic mass is 16.7. The summed E-state index contributed by atoms with van der Waals surface area (Å²) in [6, 6.07) is 20.9. The van der Waals surface area contributed by atoms with Crippen molar-refractivity contribution < 1.29 is 19.2 Å². The van der Waals surface area contributed by atoms with Crippen molar-refractivity contribution in [2.24, 2.45) is 0 Å². The van der Waals surface area contributed by atoms with Gasteiger partial charge in [0, 0.05) is 16.1 Å². The smallest absolute Gasteiger partial charge is 0.272 e. The predicted octanol–water partition coefficient (Wildman–Crippen LogP) is 6.27. The van der Waals surface area contributed by atoms with Gasteiger partial charge in [-0.1, -0.05) is 63.2 Å². The quantitative estimate of drug-likeness (QED) is 0.282. The summed E-state index contributed by atoms with van der Waals surface area (Å²) in [5.41, 5.74) is 3.05. The minimum Gasteiger partial charge on any atom is -0.496 e. The average molecular weight is 477 g/mol. The molecule has 0 bridgehead atoms. The zero-order valence-electron chi connectivity index (χ0n) is 20.8. The minimum absolute atomic E-state index is 0.107. The number of hydrogen-bond donors (Lipinski definition) is 0. The SMILES string of the molecule is CCC(C)(C)c1ccc(OC)c(C2C([N+](=O)[O-])C(c3ccccc3OC)ON2c2ccccc2)c1. The van der Waals surface area contributed by atoms with Crippen LogP contribution in [0.25, 0.3) is 0 Å². The largest absolute Gasteiger partial charge is 0.496 e. The van der Waals surface area contributed by atoms with Crippen LogP contribution in [0.15, 0.2) is 72.8 Å². The summed E-state index contributed by atoms with van der Waals surface area (Å²) in [7, 11) is 3.14. The Bertz CT molecular complexity index is 1180. The molecule has 35 heavy (non-hydrogen) atoms. The lowest BCUT2D eigenvalue weighted by atomic mass is 9.80. The van der Waals surface area contributed by atoms with E-state index in [-0.39, 0.29) is 10.3 Å². The predicted molar refractivity (Wildman–Crippen MR) is 136 cm³/mol. The molecule has 0 N–H and O–H groups in total. The van der Waals surface area contributed by atoms with Crippen molar-refractivity contribution in [3.8, 4) is 11.5 Å². The highest BCUT2D eigenvalue weighted by molar-refractivity contribution is 5.53. The second-order valence-electron chi connectivity index (χ2n) is 9.34. The third kappa shape index (κ3) is 4.56. The third-order valence-corrected chi connectivity index (χ3v) is 7.03. The molecule has 0 aliphatic carbocycles. The van der Waals surface area contributed by atoms with Crippen molar-refractivity contribution in [1.29, 1.82) is 0 Å². The number of anilines is 1. The van der Waals surface area contributed by atoms with E-state index in [0.29, 0.717) is 17.1 Å². The lowest BCUT2D eigenvalue weighted by Gasteiger charge is -2.29. The molecule has 0 radical (unpaired) electrons. The van der Waals surface area contributed by atoms with Gasteiger partial charge in [-0.15, -0.1) is 0 Å². The van der Waals surface area contributed by atoms with Crippen LogP contribution < -0.4 is 14.5 Å². The van der Waals surface area contributed by atoms with Crippen LogP contribution in [0.5, 0.6) is 11.5 Å². The van der Waals surface area contributed by atoms with Crippen LogP contribution in [0.4, 0.5) is 5.69 Å². The highest BCUT2D eigenvalue weighted by Gasteiger charge is 2.55. The van der Waals surface area contributed by atoms with Gasteiger partial charge >= 0.3 is 0 Å². The lowest BCUT2D eigenvalue weighted by Crippen LogP contribution is -2.33. The molecule has 1 saturated heterocycles. The first kappa shape index (κ1) is 24.5. The second kappa shape index (κ2) is 9.96. The van der Waals surface area contributed by atoms with E-state index in [1.807, 2.05) is 66.7 Å². The lowest BCUT2D eigenvalue weighted by molar-refractivity contribution is -0.531. The van der Waals surface area contributed by atoms with Crippen LogP contribution in [0, 0.1) is 10.1 Å². The molecule has 1 heterocycles. The molecular weight excluding hydrogens is 444 g/mol. The maximum Gasteiger partial charge on any atom is 0.272 e. The number of methoxy groups -OCH3 is 2. The minimum atomic E-state index is -1.11. The van der Waals surface area contributed by atoms with Crippen LogP contribution >= 0.6 is 0 Å². The topological polar surface area (TPSA) is 74.1 Å². The zero-order chi connectivity index (χ0) is 25.2. The normalized spacial score (nSPS) is 20.0. The van der Waals surface area contributed by atoms with Gasteiger partial charge in [-0.25, -0.2) is 5.06 Å². The number of rotatable bonds is 8. The third-order valence-electron chi connectivity index (χ3n) is 7.03. The van der Waals surface area contributed by atoms with Crippen LogP contribution in [-0.2, 0) is 10.3 Å². The van der Waals surface area contributed by atoms with Crippen LogP contribution in [-0.4, -0.2) is 25.2 Å². The Morgan fingerprint density at radius 3 is 2.20 bits per heavy atom. The molecule has 3 unspecified atom stereocenters. The molecule has 3 aromatic carbocycles. The van der Waals surface area contributed by atoms with E-state index in [1.165, 1.54) is 0 Å². The second-order valence-corrected chi connectivity index (χ2v) is 9.34. The summed E-state index contributed by atoms with van der Waals surface area (Å²) in [6.07, 6.45) is 0.0593. The Hall–Kier alpha value is -3.58. The van der Waals surface area contributed by atoms with Crippen LogP contribution in [0.1, 0.15) is 56.0 Å². The molecule has 184 valence electrons. The number of nitrogens with zero attached hydrogens (tertiary/aromatic N) is 2. The van der Waals surface area contributed by atoms with Crippen molar-refractivity contribution in [2.45, 2.75) is 50.8 Å². The van der Waals surface area contributed by atoms with E-state index < -0.39 is 18.2 Å². The summed E-state index contributed by atoms with van der Waals surface area (Å²) in [5, 5.41) is 14.4. The summed E-state index contributed by atoms with van der Waals surface area (Å²) in [5.74, 6) is 1.13. The summed E-state index contributed by atoms with van der Waals surface area (Å²) < 4.78 is 11.3. The zero-order valence-corrected chi connectivity index (χ0v) is 20.8. The first-order valence-corrected chi connectivity index (χ1v) is 11.8. The number of hydrogen-bond acceptors (Lipinski definition) is 6. The van der Waals surface area contributed by atoms with Crippen molar-refractivity contribution in [2.75, 3.05) is 19.3 Å². The fourth-order valence-corrected chi connectivity index (χ4v) is 4.62. The molecule has 0 aromatic heterocycles. The summed E-state index contributed by atoms with van der Waals surface area (Å²) in [4.78, 5) is 18.9. The van der Waals surface area contributed by atoms with E-state index in [9.17, 15) is 10.1 Å². The van der Waals surface area contributed by atoms with Gasteiger partial charge in [-0.2, -0.15) is 0 Å². The Morgan fingerprint density at radius 1 is 0.943 bits per heavy atom.